The van der Waals surface area contributed by atoms with Crippen molar-refractivity contribution >= 4 is 50.0 Å². The van der Waals surface area contributed by atoms with Crippen LogP contribution in [-0.4, -0.2) is 61.0 Å². The number of aryl methyl sites for hydroxylation is 1. The maximum absolute atomic E-state index is 13.0. The van der Waals surface area contributed by atoms with E-state index in [9.17, 15) is 13.2 Å². The summed E-state index contributed by atoms with van der Waals surface area (Å²) in [5.74, 6) is 0.505. The van der Waals surface area contributed by atoms with Crippen LogP contribution >= 0.6 is 22.6 Å². The number of anilines is 2. The van der Waals surface area contributed by atoms with Crippen molar-refractivity contribution in [2.45, 2.75) is 6.92 Å². The highest BCUT2D eigenvalue weighted by Crippen LogP contribution is 2.27. The molecule has 1 aliphatic rings. The van der Waals surface area contributed by atoms with Gasteiger partial charge in [0.2, 0.25) is 10.0 Å². The summed E-state index contributed by atoms with van der Waals surface area (Å²) in [5, 5.41) is 2.96. The van der Waals surface area contributed by atoms with Crippen LogP contribution in [0.2, 0.25) is 0 Å². The van der Waals surface area contributed by atoms with Crippen LogP contribution in [0.15, 0.2) is 54.7 Å². The highest BCUT2D eigenvalue weighted by atomic mass is 127. The standard InChI is InChI=1S/C23H24IN5O3S/c1-16-18(7-9-22(26-16)28-11-13-29(14-12-28)33(2,31)32)23(30)27-17-6-8-20(24)19(15-17)21-5-3-4-10-25-21/h3-10,15H,11-14H2,1-2H3,(H,27,30). The zero-order valence-electron chi connectivity index (χ0n) is 18.3. The average molecular weight is 577 g/mol. The summed E-state index contributed by atoms with van der Waals surface area (Å²) in [6.07, 6.45) is 2.97. The van der Waals surface area contributed by atoms with Crippen LogP contribution in [0.1, 0.15) is 16.1 Å². The Labute approximate surface area is 207 Å². The third-order valence-corrected chi connectivity index (χ3v) is 7.76. The molecule has 0 unspecified atom stereocenters. The van der Waals surface area contributed by atoms with Crippen molar-refractivity contribution < 1.29 is 13.2 Å². The SMILES string of the molecule is Cc1nc(N2CCN(S(C)(=O)=O)CC2)ccc1C(=O)Nc1ccc(I)c(-c2ccccn2)c1. The molecule has 2 aromatic heterocycles. The van der Waals surface area contributed by atoms with Crippen LogP contribution in [0, 0.1) is 10.5 Å². The molecule has 8 nitrogen and oxygen atoms in total. The molecule has 172 valence electrons. The first-order valence-electron chi connectivity index (χ1n) is 10.4. The molecular weight excluding hydrogens is 553 g/mol. The second-order valence-corrected chi connectivity index (χ2v) is 11.0. The number of aromatic nitrogens is 2. The van der Waals surface area contributed by atoms with E-state index in [2.05, 4.69) is 37.9 Å². The molecule has 0 spiro atoms. The highest BCUT2D eigenvalue weighted by molar-refractivity contribution is 14.1. The first-order valence-corrected chi connectivity index (χ1v) is 13.3. The summed E-state index contributed by atoms with van der Waals surface area (Å²) >= 11 is 2.26. The van der Waals surface area contributed by atoms with E-state index in [1.807, 2.05) is 47.4 Å². The van der Waals surface area contributed by atoms with Crippen LogP contribution in [0.25, 0.3) is 11.3 Å². The lowest BCUT2D eigenvalue weighted by Gasteiger charge is -2.34. The van der Waals surface area contributed by atoms with Crippen LogP contribution in [-0.2, 0) is 10.0 Å². The molecule has 1 fully saturated rings. The number of nitrogens with one attached hydrogen (secondary N) is 1. The molecule has 0 atom stereocenters. The van der Waals surface area contributed by atoms with Gasteiger partial charge < -0.3 is 10.2 Å². The lowest BCUT2D eigenvalue weighted by atomic mass is 10.1. The summed E-state index contributed by atoms with van der Waals surface area (Å²) in [4.78, 5) is 24.0. The van der Waals surface area contributed by atoms with Crippen molar-refractivity contribution in [3.05, 3.63) is 69.6 Å². The number of rotatable bonds is 5. The summed E-state index contributed by atoms with van der Waals surface area (Å²) in [5.41, 5.74) is 3.59. The Hall–Kier alpha value is -2.57. The number of amides is 1. The minimum absolute atomic E-state index is 0.235. The monoisotopic (exact) mass is 577 g/mol. The number of piperazine rings is 1. The fourth-order valence-corrected chi connectivity index (χ4v) is 5.17. The van der Waals surface area contributed by atoms with Gasteiger partial charge in [-0.3, -0.25) is 9.78 Å². The largest absolute Gasteiger partial charge is 0.354 e. The molecule has 0 bridgehead atoms. The van der Waals surface area contributed by atoms with Crippen molar-refractivity contribution in [2.24, 2.45) is 0 Å². The number of carbonyl (C=O) groups is 1. The Bertz CT molecular complexity index is 1280. The molecule has 0 radical (unpaired) electrons. The maximum atomic E-state index is 13.0. The molecule has 0 saturated carbocycles. The lowest BCUT2D eigenvalue weighted by Crippen LogP contribution is -2.48. The Morgan fingerprint density at radius 1 is 1.06 bits per heavy atom. The van der Waals surface area contributed by atoms with Gasteiger partial charge in [-0.25, -0.2) is 13.4 Å². The predicted octanol–water partition coefficient (Wildman–Crippen LogP) is 3.39. The first-order chi connectivity index (χ1) is 15.7. The Kier molecular flexibility index (Phi) is 6.96. The van der Waals surface area contributed by atoms with Gasteiger partial charge in [-0.2, -0.15) is 4.31 Å². The molecule has 1 saturated heterocycles. The number of benzene rings is 1. The molecule has 33 heavy (non-hydrogen) atoms. The number of hydrogen-bond donors (Lipinski definition) is 1. The number of halogens is 1. The van der Waals surface area contributed by atoms with E-state index in [0.29, 0.717) is 43.1 Å². The van der Waals surface area contributed by atoms with Gasteiger partial charge in [0.15, 0.2) is 0 Å². The number of sulfonamides is 1. The van der Waals surface area contributed by atoms with Crippen molar-refractivity contribution in [2.75, 3.05) is 42.7 Å². The zero-order chi connectivity index (χ0) is 23.6. The molecule has 3 aromatic rings. The molecular formula is C23H24IN5O3S. The lowest BCUT2D eigenvalue weighted by molar-refractivity contribution is 0.102. The summed E-state index contributed by atoms with van der Waals surface area (Å²) in [7, 11) is -3.18. The molecule has 4 rings (SSSR count). The molecule has 1 N–H and O–H groups in total. The molecule has 1 amide bonds. The second kappa shape index (κ2) is 9.74. The van der Waals surface area contributed by atoms with Gasteiger partial charge in [-0.05, 0) is 72.0 Å². The van der Waals surface area contributed by atoms with Gasteiger partial charge >= 0.3 is 0 Å². The number of pyridine rings is 2. The third kappa shape index (κ3) is 5.50. The molecule has 1 aromatic carbocycles. The fourth-order valence-electron chi connectivity index (χ4n) is 3.73. The van der Waals surface area contributed by atoms with E-state index >= 15 is 0 Å². The Morgan fingerprint density at radius 2 is 1.82 bits per heavy atom. The number of hydrogen-bond acceptors (Lipinski definition) is 6. The van der Waals surface area contributed by atoms with Crippen molar-refractivity contribution in [1.82, 2.24) is 14.3 Å². The van der Waals surface area contributed by atoms with Crippen LogP contribution in [0.3, 0.4) is 0 Å². The van der Waals surface area contributed by atoms with E-state index in [-0.39, 0.29) is 5.91 Å². The summed E-state index contributed by atoms with van der Waals surface area (Å²) in [6.45, 7) is 3.77. The molecule has 1 aliphatic heterocycles. The van der Waals surface area contributed by atoms with Gasteiger partial charge in [0.1, 0.15) is 5.82 Å². The third-order valence-electron chi connectivity index (χ3n) is 5.51. The summed E-state index contributed by atoms with van der Waals surface area (Å²) in [6, 6.07) is 15.0. The van der Waals surface area contributed by atoms with Crippen LogP contribution in [0.5, 0.6) is 0 Å². The van der Waals surface area contributed by atoms with Gasteiger partial charge in [-0.1, -0.05) is 6.07 Å². The van der Waals surface area contributed by atoms with Crippen LogP contribution < -0.4 is 10.2 Å². The smallest absolute Gasteiger partial charge is 0.257 e. The molecule has 3 heterocycles. The van der Waals surface area contributed by atoms with Gasteiger partial charge in [0, 0.05) is 47.2 Å². The van der Waals surface area contributed by atoms with Crippen molar-refractivity contribution in [3.8, 4) is 11.3 Å². The van der Waals surface area contributed by atoms with Gasteiger partial charge in [-0.15, -0.1) is 0 Å². The fraction of sp³-hybridized carbons (Fsp3) is 0.261. The predicted molar refractivity (Wildman–Crippen MR) is 138 cm³/mol. The number of carbonyl (C=O) groups excluding carboxylic acids is 1. The highest BCUT2D eigenvalue weighted by Gasteiger charge is 2.24. The normalized spacial score (nSPS) is 14.8. The molecule has 10 heteroatoms. The maximum Gasteiger partial charge on any atom is 0.257 e. The van der Waals surface area contributed by atoms with E-state index in [1.54, 1.807) is 19.2 Å². The topological polar surface area (TPSA) is 95.5 Å². The van der Waals surface area contributed by atoms with E-state index in [4.69, 9.17) is 0 Å². The zero-order valence-corrected chi connectivity index (χ0v) is 21.3. The van der Waals surface area contributed by atoms with E-state index < -0.39 is 10.0 Å². The number of nitrogens with zero attached hydrogens (tertiary/aromatic N) is 4. The van der Waals surface area contributed by atoms with Crippen molar-refractivity contribution in [1.29, 1.82) is 0 Å². The van der Waals surface area contributed by atoms with Gasteiger partial charge in [0.25, 0.3) is 5.91 Å². The first kappa shape index (κ1) is 23.6. The summed E-state index contributed by atoms with van der Waals surface area (Å²) < 4.78 is 25.9. The minimum atomic E-state index is -3.18. The Balaban J connectivity index is 1.48. The quantitative estimate of drug-likeness (QED) is 0.468. The second-order valence-electron chi connectivity index (χ2n) is 7.82. The van der Waals surface area contributed by atoms with Crippen LogP contribution in [0.4, 0.5) is 11.5 Å². The minimum Gasteiger partial charge on any atom is -0.354 e. The Morgan fingerprint density at radius 3 is 2.45 bits per heavy atom. The van der Waals surface area contributed by atoms with E-state index in [1.165, 1.54) is 10.6 Å². The molecule has 0 aliphatic carbocycles. The average Bonchev–Trinajstić information content (AvgIpc) is 2.80. The van der Waals surface area contributed by atoms with E-state index in [0.717, 1.165) is 20.6 Å². The van der Waals surface area contributed by atoms with Crippen molar-refractivity contribution in [3.63, 3.8) is 0 Å². The van der Waals surface area contributed by atoms with Gasteiger partial charge in [0.05, 0.1) is 23.2 Å².